The lowest BCUT2D eigenvalue weighted by Gasteiger charge is -2.30. The fraction of sp³-hybridized carbons (Fsp3) is 0.300. The van der Waals surface area contributed by atoms with Gasteiger partial charge in [0, 0.05) is 31.3 Å². The summed E-state index contributed by atoms with van der Waals surface area (Å²) in [6.07, 6.45) is 2.47. The zero-order chi connectivity index (χ0) is 22.2. The van der Waals surface area contributed by atoms with Gasteiger partial charge in [0.25, 0.3) is 0 Å². The van der Waals surface area contributed by atoms with Crippen molar-refractivity contribution in [2.75, 3.05) is 30.2 Å². The van der Waals surface area contributed by atoms with Crippen molar-refractivity contribution in [3.63, 3.8) is 0 Å². The molecule has 2 aromatic carbocycles. The van der Waals surface area contributed by atoms with E-state index < -0.39 is 21.8 Å². The lowest BCUT2D eigenvalue weighted by molar-refractivity contribution is 0.170. The Morgan fingerprint density at radius 1 is 1.19 bits per heavy atom. The molecule has 1 aliphatic rings. The van der Waals surface area contributed by atoms with E-state index in [1.54, 1.807) is 6.07 Å². The van der Waals surface area contributed by atoms with E-state index in [9.17, 15) is 17.9 Å². The standard InChI is InChI=1S/C20H21F2N5O3S/c21-15-2-4-17(26-31(29,30)27-7-5-12(11-28)6-8-27)19(22)18(15)13-1-3-16-14(9-13)10-24-20(23)25-16/h1-4,9-10,12,26,28H,5-8,11H2,(H2,23,24,25). The predicted molar refractivity (Wildman–Crippen MR) is 113 cm³/mol. The maximum Gasteiger partial charge on any atom is 0.301 e. The van der Waals surface area contributed by atoms with E-state index >= 15 is 4.39 Å². The monoisotopic (exact) mass is 449 g/mol. The van der Waals surface area contributed by atoms with Gasteiger partial charge < -0.3 is 10.8 Å². The Morgan fingerprint density at radius 3 is 2.65 bits per heavy atom. The van der Waals surface area contributed by atoms with E-state index in [0.717, 1.165) is 12.1 Å². The van der Waals surface area contributed by atoms with Crippen LogP contribution >= 0.6 is 0 Å². The normalized spacial score (nSPS) is 16.0. The van der Waals surface area contributed by atoms with Crippen LogP contribution in [-0.4, -0.2) is 47.5 Å². The third kappa shape index (κ3) is 4.29. The summed E-state index contributed by atoms with van der Waals surface area (Å²) in [5.41, 5.74) is 5.56. The van der Waals surface area contributed by atoms with Crippen LogP contribution in [0, 0.1) is 17.6 Å². The molecule has 1 fully saturated rings. The molecule has 4 rings (SSSR count). The van der Waals surface area contributed by atoms with Crippen molar-refractivity contribution in [1.29, 1.82) is 0 Å². The molecule has 4 N–H and O–H groups in total. The highest BCUT2D eigenvalue weighted by Crippen LogP contribution is 2.33. The largest absolute Gasteiger partial charge is 0.396 e. The average molecular weight is 449 g/mol. The Bertz CT molecular complexity index is 1230. The van der Waals surface area contributed by atoms with E-state index in [1.807, 2.05) is 0 Å². The first-order valence-corrected chi connectivity index (χ1v) is 11.1. The summed E-state index contributed by atoms with van der Waals surface area (Å²) in [6, 6.07) is 6.61. The third-order valence-corrected chi connectivity index (χ3v) is 6.91. The van der Waals surface area contributed by atoms with Crippen LogP contribution in [0.1, 0.15) is 12.8 Å². The lowest BCUT2D eigenvalue weighted by atomic mass is 10.00. The van der Waals surface area contributed by atoms with E-state index in [1.165, 1.54) is 22.6 Å². The number of nitrogens with two attached hydrogens (primary N) is 1. The Balaban J connectivity index is 1.66. The first kappa shape index (κ1) is 21.3. The van der Waals surface area contributed by atoms with Crippen LogP contribution < -0.4 is 10.5 Å². The Morgan fingerprint density at radius 2 is 1.94 bits per heavy atom. The van der Waals surface area contributed by atoms with Gasteiger partial charge in [-0.15, -0.1) is 0 Å². The highest BCUT2D eigenvalue weighted by molar-refractivity contribution is 7.90. The maximum atomic E-state index is 15.2. The second-order valence-electron chi connectivity index (χ2n) is 7.42. The van der Waals surface area contributed by atoms with Gasteiger partial charge in [0.2, 0.25) is 5.95 Å². The molecule has 1 aromatic heterocycles. The number of hydrogen-bond acceptors (Lipinski definition) is 6. The predicted octanol–water partition coefficient (Wildman–Crippen LogP) is 2.52. The molecule has 31 heavy (non-hydrogen) atoms. The molecule has 1 saturated heterocycles. The lowest BCUT2D eigenvalue weighted by Crippen LogP contribution is -2.42. The van der Waals surface area contributed by atoms with E-state index in [0.29, 0.717) is 23.7 Å². The molecule has 0 unspecified atom stereocenters. The molecule has 0 atom stereocenters. The minimum Gasteiger partial charge on any atom is -0.396 e. The van der Waals surface area contributed by atoms with Crippen LogP contribution in [0.2, 0.25) is 0 Å². The van der Waals surface area contributed by atoms with E-state index in [-0.39, 0.29) is 48.4 Å². The molecule has 3 aromatic rings. The van der Waals surface area contributed by atoms with Gasteiger partial charge >= 0.3 is 10.2 Å². The van der Waals surface area contributed by atoms with E-state index in [2.05, 4.69) is 14.7 Å². The average Bonchev–Trinajstić information content (AvgIpc) is 2.76. The number of anilines is 2. The van der Waals surface area contributed by atoms with Gasteiger partial charge in [-0.3, -0.25) is 4.72 Å². The minimum atomic E-state index is -4.04. The zero-order valence-corrected chi connectivity index (χ0v) is 17.2. The van der Waals surface area contributed by atoms with Crippen LogP contribution in [0.25, 0.3) is 22.0 Å². The van der Waals surface area contributed by atoms with Gasteiger partial charge in [0.05, 0.1) is 16.8 Å². The van der Waals surface area contributed by atoms with Crippen LogP contribution in [0.3, 0.4) is 0 Å². The van der Waals surface area contributed by atoms with Gasteiger partial charge in [-0.25, -0.2) is 18.7 Å². The molecule has 8 nitrogen and oxygen atoms in total. The molecule has 0 bridgehead atoms. The number of piperidine rings is 1. The van der Waals surface area contributed by atoms with Crippen LogP contribution in [0.4, 0.5) is 20.4 Å². The van der Waals surface area contributed by atoms with Crippen molar-refractivity contribution in [3.05, 3.63) is 48.2 Å². The quantitative estimate of drug-likeness (QED) is 0.550. The van der Waals surface area contributed by atoms with Crippen molar-refractivity contribution in [3.8, 4) is 11.1 Å². The number of benzene rings is 2. The van der Waals surface area contributed by atoms with Gasteiger partial charge in [-0.05, 0) is 48.6 Å². The topological polar surface area (TPSA) is 121 Å². The molecule has 164 valence electrons. The second-order valence-corrected chi connectivity index (χ2v) is 9.09. The summed E-state index contributed by atoms with van der Waals surface area (Å²) < 4.78 is 58.6. The Hall–Kier alpha value is -2.89. The SMILES string of the molecule is Nc1ncc2cc(-c3c(F)ccc(NS(=O)(=O)N4CCC(CO)CC4)c3F)ccc2n1. The molecule has 0 aliphatic carbocycles. The highest BCUT2D eigenvalue weighted by Gasteiger charge is 2.29. The molecule has 2 heterocycles. The van der Waals surface area contributed by atoms with Crippen molar-refractivity contribution in [1.82, 2.24) is 14.3 Å². The summed E-state index contributed by atoms with van der Waals surface area (Å²) in [7, 11) is -4.04. The van der Waals surface area contributed by atoms with Crippen molar-refractivity contribution in [2.45, 2.75) is 12.8 Å². The van der Waals surface area contributed by atoms with Gasteiger partial charge in [0.1, 0.15) is 5.82 Å². The van der Waals surface area contributed by atoms with Crippen molar-refractivity contribution >= 4 is 32.7 Å². The fourth-order valence-corrected chi connectivity index (χ4v) is 4.89. The van der Waals surface area contributed by atoms with Gasteiger partial charge in [-0.1, -0.05) is 6.07 Å². The summed E-state index contributed by atoms with van der Waals surface area (Å²) >= 11 is 0. The number of nitrogens with zero attached hydrogens (tertiary/aromatic N) is 3. The highest BCUT2D eigenvalue weighted by atomic mass is 32.2. The molecular weight excluding hydrogens is 428 g/mol. The molecular formula is C20H21F2N5O3S. The number of aliphatic hydroxyl groups is 1. The number of aromatic nitrogens is 2. The first-order valence-electron chi connectivity index (χ1n) is 9.68. The molecule has 0 spiro atoms. The van der Waals surface area contributed by atoms with E-state index in [4.69, 9.17) is 5.73 Å². The number of halogens is 2. The van der Waals surface area contributed by atoms with Crippen LogP contribution in [-0.2, 0) is 10.2 Å². The number of fused-ring (bicyclic) bond motifs is 1. The zero-order valence-electron chi connectivity index (χ0n) is 16.4. The van der Waals surface area contributed by atoms with Gasteiger partial charge in [-0.2, -0.15) is 12.7 Å². The second kappa shape index (κ2) is 8.33. The van der Waals surface area contributed by atoms with Crippen LogP contribution in [0.5, 0.6) is 0 Å². The van der Waals surface area contributed by atoms with Crippen LogP contribution in [0.15, 0.2) is 36.5 Å². The number of rotatable bonds is 5. The maximum absolute atomic E-state index is 15.2. The smallest absolute Gasteiger partial charge is 0.301 e. The molecule has 0 radical (unpaired) electrons. The molecule has 0 amide bonds. The third-order valence-electron chi connectivity index (χ3n) is 5.39. The number of aliphatic hydroxyl groups excluding tert-OH is 1. The Kier molecular flexibility index (Phi) is 5.73. The van der Waals surface area contributed by atoms with Crippen molar-refractivity contribution < 1.29 is 22.3 Å². The summed E-state index contributed by atoms with van der Waals surface area (Å²) in [6.45, 7) is 0.425. The minimum absolute atomic E-state index is 0.000652. The fourth-order valence-electron chi connectivity index (χ4n) is 3.63. The van der Waals surface area contributed by atoms with Gasteiger partial charge in [0.15, 0.2) is 5.82 Å². The summed E-state index contributed by atoms with van der Waals surface area (Å²) in [5, 5.41) is 9.74. The Labute approximate surface area is 177 Å². The summed E-state index contributed by atoms with van der Waals surface area (Å²) in [4.78, 5) is 7.93. The first-order chi connectivity index (χ1) is 14.8. The summed E-state index contributed by atoms with van der Waals surface area (Å²) in [5.74, 6) is -1.73. The van der Waals surface area contributed by atoms with Crippen molar-refractivity contribution in [2.24, 2.45) is 5.92 Å². The molecule has 1 aliphatic heterocycles. The molecule has 11 heteroatoms. The molecule has 0 saturated carbocycles. The number of hydrogen-bond donors (Lipinski definition) is 3. The number of nitrogen functional groups attached to an aromatic ring is 1. The number of nitrogens with one attached hydrogen (secondary N) is 1.